The Hall–Kier alpha value is -1.10. The summed E-state index contributed by atoms with van der Waals surface area (Å²) < 4.78 is 20.5. The van der Waals surface area contributed by atoms with Crippen LogP contribution in [0.1, 0.15) is 11.0 Å². The van der Waals surface area contributed by atoms with Gasteiger partial charge in [-0.1, -0.05) is 19.7 Å². The number of aliphatic hydroxyl groups excluding tert-OH is 1. The molecule has 0 aliphatic heterocycles. The Morgan fingerprint density at radius 1 is 1.12 bits per heavy atom. The molecule has 90 valence electrons. The molecule has 0 aromatic rings. The summed E-state index contributed by atoms with van der Waals surface area (Å²) in [7, 11) is 0. The minimum Gasteiger partial charge on any atom is -0.391 e. The fourth-order valence-electron chi connectivity index (χ4n) is 1.38. The second-order valence-electron chi connectivity index (χ2n) is 3.08. The molecule has 0 bridgehead atoms. The van der Waals surface area contributed by atoms with Crippen molar-refractivity contribution in [1.82, 2.24) is 0 Å². The van der Waals surface area contributed by atoms with Gasteiger partial charge in [-0.2, -0.15) is 0 Å². The van der Waals surface area contributed by atoms with Gasteiger partial charge >= 0.3 is 0 Å². The van der Waals surface area contributed by atoms with Crippen molar-refractivity contribution in [2.75, 3.05) is 0 Å². The van der Waals surface area contributed by atoms with Crippen molar-refractivity contribution in [3.63, 3.8) is 0 Å². The molecule has 0 saturated carbocycles. The van der Waals surface area contributed by atoms with E-state index in [1.54, 1.807) is 0 Å². The summed E-state index contributed by atoms with van der Waals surface area (Å²) >= 11 is 0. The number of hydrogen-bond acceptors (Lipinski definition) is 4. The Kier molecular flexibility index (Phi) is 5.29. The van der Waals surface area contributed by atoms with Crippen LogP contribution in [0, 0.1) is 5.41 Å². The van der Waals surface area contributed by atoms with E-state index < -0.39 is 28.9 Å². The van der Waals surface area contributed by atoms with Gasteiger partial charge < -0.3 is 5.11 Å². The van der Waals surface area contributed by atoms with Crippen LogP contribution in [0.4, 0.5) is 0 Å². The number of carbonyl (C=O) groups is 3. The van der Waals surface area contributed by atoms with Crippen LogP contribution in [-0.4, -0.2) is 28.6 Å². The van der Waals surface area contributed by atoms with Crippen molar-refractivity contribution < 1.29 is 45.3 Å². The van der Waals surface area contributed by atoms with Gasteiger partial charge in [-0.25, -0.2) is 0 Å². The number of rotatable bonds is 7. The maximum atomic E-state index is 11.9. The second kappa shape index (κ2) is 7.27. The molecule has 0 aliphatic rings. The first-order valence-corrected chi connectivity index (χ1v) is 4.35. The minimum absolute atomic E-state index is 0. The third-order valence-corrected chi connectivity index (χ3v) is 2.25. The standard InChI is InChI=1S/C12H14O4.Ti/c1-5-9(14)12(8(4)13,10(15)6-2)11(16)7-3;/h5-8,13H,1-3H2,4H3;/i1D,2D,3D;. The van der Waals surface area contributed by atoms with Crippen LogP contribution in [0.15, 0.2) is 37.9 Å². The predicted octanol–water partition coefficient (Wildman–Crippen LogP) is 0.616. The van der Waals surface area contributed by atoms with Gasteiger partial charge in [-0.05, 0) is 25.2 Å². The van der Waals surface area contributed by atoms with Crippen LogP contribution >= 0.6 is 0 Å². The fourth-order valence-corrected chi connectivity index (χ4v) is 1.38. The van der Waals surface area contributed by atoms with E-state index in [4.69, 9.17) is 4.11 Å². The van der Waals surface area contributed by atoms with E-state index >= 15 is 0 Å². The molecule has 1 unspecified atom stereocenters. The molecule has 0 aromatic heterocycles. The molecule has 5 heteroatoms. The third-order valence-electron chi connectivity index (χ3n) is 2.25. The topological polar surface area (TPSA) is 71.4 Å². The van der Waals surface area contributed by atoms with Gasteiger partial charge in [-0.15, -0.1) is 0 Å². The average Bonchev–Trinajstić information content (AvgIpc) is 2.30. The molecule has 4 nitrogen and oxygen atoms in total. The smallest absolute Gasteiger partial charge is 0.182 e. The Bertz CT molecular complexity index is 396. The maximum absolute atomic E-state index is 11.9. The van der Waals surface area contributed by atoms with E-state index in [9.17, 15) is 19.5 Å². The zero-order valence-corrected chi connectivity index (χ0v) is 10.8. The molecule has 0 spiro atoms. The fraction of sp³-hybridized carbons (Fsp3) is 0.250. The summed E-state index contributed by atoms with van der Waals surface area (Å²) in [5.74, 6) is -3.20. The van der Waals surface area contributed by atoms with Crippen LogP contribution in [0.25, 0.3) is 0 Å². The molecule has 17 heavy (non-hydrogen) atoms. The first kappa shape index (κ1) is 12.4. The third kappa shape index (κ3) is 2.97. The van der Waals surface area contributed by atoms with Crippen LogP contribution in [0.5, 0.6) is 0 Å². The number of allylic oxidation sites excluding steroid dienone is 3. The largest absolute Gasteiger partial charge is 0.391 e. The number of hydrogen-bond donors (Lipinski definition) is 1. The minimum atomic E-state index is -2.45. The molecule has 0 rings (SSSR count). The van der Waals surface area contributed by atoms with Crippen molar-refractivity contribution in [3.8, 4) is 0 Å². The number of ketones is 3. The van der Waals surface area contributed by atoms with Crippen LogP contribution in [0.3, 0.4) is 0 Å². The SMILES string of the molecule is [2H]C=CC(=O)C(C(=O)C=C[2H])(C(=O)C=C[2H])C(C)O.[Ti]. The second-order valence-corrected chi connectivity index (χ2v) is 3.08. The number of carbonyl (C=O) groups excluding carboxylic acids is 3. The van der Waals surface area contributed by atoms with E-state index in [0.29, 0.717) is 37.9 Å². The van der Waals surface area contributed by atoms with Crippen molar-refractivity contribution in [2.24, 2.45) is 5.41 Å². The molecule has 0 radical (unpaired) electrons. The van der Waals surface area contributed by atoms with Gasteiger partial charge in [0.05, 0.1) is 10.2 Å². The van der Waals surface area contributed by atoms with Gasteiger partial charge in [0, 0.05) is 21.7 Å². The van der Waals surface area contributed by atoms with Gasteiger partial charge in [-0.3, -0.25) is 14.4 Å². The summed E-state index contributed by atoms with van der Waals surface area (Å²) in [6.45, 7) is 2.86. The van der Waals surface area contributed by atoms with Crippen LogP contribution in [0.2, 0.25) is 0 Å². The zero-order valence-electron chi connectivity index (χ0n) is 12.2. The first-order valence-electron chi connectivity index (χ1n) is 6.08. The maximum Gasteiger partial charge on any atom is 0.182 e. The first-order chi connectivity index (χ1) is 8.89. The van der Waals surface area contributed by atoms with E-state index in [-0.39, 0.29) is 21.7 Å². The van der Waals surface area contributed by atoms with Crippen LogP contribution < -0.4 is 0 Å². The van der Waals surface area contributed by atoms with E-state index in [1.165, 1.54) is 0 Å². The summed E-state index contributed by atoms with van der Waals surface area (Å²) in [4.78, 5) is 35.8. The van der Waals surface area contributed by atoms with E-state index in [2.05, 4.69) is 0 Å². The Morgan fingerprint density at radius 2 is 1.41 bits per heavy atom. The van der Waals surface area contributed by atoms with Crippen molar-refractivity contribution in [1.29, 1.82) is 0 Å². The molecule has 0 aromatic carbocycles. The Balaban J connectivity index is 0. The van der Waals surface area contributed by atoms with Crippen molar-refractivity contribution in [3.05, 3.63) is 37.9 Å². The zero-order chi connectivity index (χ0) is 15.1. The van der Waals surface area contributed by atoms with E-state index in [1.807, 2.05) is 0 Å². The van der Waals surface area contributed by atoms with Crippen molar-refractivity contribution >= 4 is 17.3 Å². The van der Waals surface area contributed by atoms with Gasteiger partial charge in [0.1, 0.15) is 0 Å². The summed E-state index contributed by atoms with van der Waals surface area (Å²) in [6.07, 6.45) is 0.373. The molecule has 0 amide bonds. The molecule has 0 fully saturated rings. The Labute approximate surface area is 119 Å². The molecule has 1 N–H and O–H groups in total. The molecule has 1 atom stereocenters. The summed E-state index contributed by atoms with van der Waals surface area (Å²) in [5, 5.41) is 9.71. The predicted molar refractivity (Wildman–Crippen MR) is 59.7 cm³/mol. The molecule has 0 saturated heterocycles. The van der Waals surface area contributed by atoms with Gasteiger partial charge in [0.25, 0.3) is 0 Å². The quantitative estimate of drug-likeness (QED) is 0.419. The average molecular weight is 273 g/mol. The Morgan fingerprint density at radius 3 is 1.59 bits per heavy atom. The van der Waals surface area contributed by atoms with E-state index in [0.717, 1.165) is 6.92 Å². The molecular weight excluding hydrogens is 256 g/mol. The molecular formula is C12H14O4Ti. The molecule has 0 heterocycles. The summed E-state index contributed by atoms with van der Waals surface area (Å²) in [5.41, 5.74) is -2.45. The monoisotopic (exact) mass is 273 g/mol. The molecule has 0 aliphatic carbocycles. The van der Waals surface area contributed by atoms with Gasteiger partial charge in [0.2, 0.25) is 0 Å². The normalized spacial score (nSPS) is 16.2. The van der Waals surface area contributed by atoms with Crippen LogP contribution in [-0.2, 0) is 36.1 Å². The van der Waals surface area contributed by atoms with Gasteiger partial charge in [0.15, 0.2) is 22.8 Å². The van der Waals surface area contributed by atoms with Crippen molar-refractivity contribution in [2.45, 2.75) is 13.0 Å². The number of aliphatic hydroxyl groups is 1. The summed E-state index contributed by atoms with van der Waals surface area (Å²) in [6, 6.07) is 0.